The smallest absolute Gasteiger partial charge is 0.319 e. The fourth-order valence-electron chi connectivity index (χ4n) is 3.17. The number of likely N-dealkylation sites (tertiary alicyclic amines) is 1. The summed E-state index contributed by atoms with van der Waals surface area (Å²) in [5.74, 6) is 0.554. The molecule has 0 radical (unpaired) electrons. The van der Waals surface area contributed by atoms with Crippen LogP contribution in [0, 0.1) is 11.7 Å². The van der Waals surface area contributed by atoms with Gasteiger partial charge in [0.25, 0.3) is 0 Å². The maximum Gasteiger partial charge on any atom is 0.319 e. The molecule has 1 aliphatic rings. The van der Waals surface area contributed by atoms with E-state index in [1.54, 1.807) is 41.3 Å². The number of anilines is 1. The SMILES string of the molecule is CCOc1ccc(NC(=O)NC[C@H]2CC(=O)N(Cc3ccc(F)cc3)C2)cc1. The van der Waals surface area contributed by atoms with Gasteiger partial charge in [0, 0.05) is 37.7 Å². The summed E-state index contributed by atoms with van der Waals surface area (Å²) in [5.41, 5.74) is 1.55. The van der Waals surface area contributed by atoms with Gasteiger partial charge >= 0.3 is 6.03 Å². The molecular formula is C21H24FN3O3. The minimum Gasteiger partial charge on any atom is -0.494 e. The molecule has 1 atom stereocenters. The number of ether oxygens (including phenoxy) is 1. The monoisotopic (exact) mass is 385 g/mol. The van der Waals surface area contributed by atoms with Crippen LogP contribution in [0.2, 0.25) is 0 Å². The Bertz CT molecular complexity index is 809. The van der Waals surface area contributed by atoms with Gasteiger partial charge < -0.3 is 20.3 Å². The van der Waals surface area contributed by atoms with Crippen molar-refractivity contribution in [1.29, 1.82) is 0 Å². The third-order valence-electron chi connectivity index (χ3n) is 4.56. The Morgan fingerprint density at radius 2 is 1.89 bits per heavy atom. The van der Waals surface area contributed by atoms with Crippen molar-refractivity contribution < 1.29 is 18.7 Å². The molecule has 3 amide bonds. The zero-order valence-corrected chi connectivity index (χ0v) is 15.8. The molecular weight excluding hydrogens is 361 g/mol. The molecule has 1 saturated heterocycles. The molecule has 148 valence electrons. The molecule has 1 heterocycles. The van der Waals surface area contributed by atoms with Crippen molar-refractivity contribution >= 4 is 17.6 Å². The highest BCUT2D eigenvalue weighted by Crippen LogP contribution is 2.20. The molecule has 1 fully saturated rings. The first-order valence-corrected chi connectivity index (χ1v) is 9.33. The Hall–Kier alpha value is -3.09. The summed E-state index contributed by atoms with van der Waals surface area (Å²) < 4.78 is 18.4. The average Bonchev–Trinajstić information content (AvgIpc) is 3.03. The van der Waals surface area contributed by atoms with Gasteiger partial charge in [-0.3, -0.25) is 4.79 Å². The Kier molecular flexibility index (Phi) is 6.47. The summed E-state index contributed by atoms with van der Waals surface area (Å²) in [4.78, 5) is 26.0. The van der Waals surface area contributed by atoms with E-state index in [1.807, 2.05) is 6.92 Å². The van der Waals surface area contributed by atoms with E-state index < -0.39 is 0 Å². The van der Waals surface area contributed by atoms with Crippen LogP contribution in [0.4, 0.5) is 14.9 Å². The number of benzene rings is 2. The summed E-state index contributed by atoms with van der Waals surface area (Å²) in [6, 6.07) is 13.0. The highest BCUT2D eigenvalue weighted by Gasteiger charge is 2.29. The molecule has 1 aliphatic heterocycles. The van der Waals surface area contributed by atoms with Crippen LogP contribution in [0.3, 0.4) is 0 Å². The molecule has 0 aromatic heterocycles. The van der Waals surface area contributed by atoms with Crippen molar-refractivity contribution in [1.82, 2.24) is 10.2 Å². The molecule has 2 aromatic carbocycles. The number of carbonyl (C=O) groups is 2. The number of rotatable bonds is 7. The molecule has 0 aliphatic carbocycles. The number of nitrogens with one attached hydrogen (secondary N) is 2. The highest BCUT2D eigenvalue weighted by molar-refractivity contribution is 5.89. The molecule has 7 heteroatoms. The van der Waals surface area contributed by atoms with Crippen LogP contribution in [0.15, 0.2) is 48.5 Å². The van der Waals surface area contributed by atoms with Gasteiger partial charge in [0.2, 0.25) is 5.91 Å². The summed E-state index contributed by atoms with van der Waals surface area (Å²) in [6.45, 7) is 3.93. The average molecular weight is 385 g/mol. The van der Waals surface area contributed by atoms with Crippen LogP contribution in [0.1, 0.15) is 18.9 Å². The summed E-state index contributed by atoms with van der Waals surface area (Å²) in [7, 11) is 0. The van der Waals surface area contributed by atoms with Crippen molar-refractivity contribution in [2.45, 2.75) is 19.9 Å². The lowest BCUT2D eigenvalue weighted by Gasteiger charge is -2.17. The van der Waals surface area contributed by atoms with Crippen molar-refractivity contribution in [2.75, 3.05) is 25.0 Å². The van der Waals surface area contributed by atoms with E-state index >= 15 is 0 Å². The summed E-state index contributed by atoms with van der Waals surface area (Å²) in [6.07, 6.45) is 0.393. The minimum atomic E-state index is -0.311. The lowest BCUT2D eigenvalue weighted by molar-refractivity contribution is -0.128. The highest BCUT2D eigenvalue weighted by atomic mass is 19.1. The van der Waals surface area contributed by atoms with Gasteiger partial charge in [0.1, 0.15) is 11.6 Å². The molecule has 0 saturated carbocycles. The number of urea groups is 1. The van der Waals surface area contributed by atoms with E-state index in [0.29, 0.717) is 38.3 Å². The van der Waals surface area contributed by atoms with Crippen LogP contribution in [-0.4, -0.2) is 36.5 Å². The molecule has 0 bridgehead atoms. The lowest BCUT2D eigenvalue weighted by Crippen LogP contribution is -2.34. The van der Waals surface area contributed by atoms with Crippen molar-refractivity contribution in [2.24, 2.45) is 5.92 Å². The van der Waals surface area contributed by atoms with Gasteiger partial charge in [-0.1, -0.05) is 12.1 Å². The van der Waals surface area contributed by atoms with Crippen molar-refractivity contribution in [3.05, 3.63) is 59.9 Å². The van der Waals surface area contributed by atoms with Gasteiger partial charge in [-0.05, 0) is 48.9 Å². The Morgan fingerprint density at radius 3 is 2.57 bits per heavy atom. The number of halogens is 1. The second-order valence-electron chi connectivity index (χ2n) is 6.76. The molecule has 2 N–H and O–H groups in total. The molecule has 2 aromatic rings. The number of hydrogen-bond donors (Lipinski definition) is 2. The van der Waals surface area contributed by atoms with Crippen LogP contribution < -0.4 is 15.4 Å². The third kappa shape index (κ3) is 5.45. The first-order valence-electron chi connectivity index (χ1n) is 9.33. The van der Waals surface area contributed by atoms with E-state index in [2.05, 4.69) is 10.6 Å². The fourth-order valence-corrected chi connectivity index (χ4v) is 3.17. The number of amides is 3. The fraction of sp³-hybridized carbons (Fsp3) is 0.333. The van der Waals surface area contributed by atoms with Crippen LogP contribution in [0.5, 0.6) is 5.75 Å². The van der Waals surface area contributed by atoms with E-state index in [9.17, 15) is 14.0 Å². The minimum absolute atomic E-state index is 0.0445. The molecule has 0 unspecified atom stereocenters. The second kappa shape index (κ2) is 9.21. The number of hydrogen-bond acceptors (Lipinski definition) is 3. The molecule has 3 rings (SSSR count). The molecule has 28 heavy (non-hydrogen) atoms. The van der Waals surface area contributed by atoms with Gasteiger partial charge in [0.15, 0.2) is 0 Å². The molecule has 6 nitrogen and oxygen atoms in total. The standard InChI is InChI=1S/C21H24FN3O3/c1-2-28-19-9-7-18(8-10-19)24-21(27)23-12-16-11-20(26)25(14-16)13-15-3-5-17(22)6-4-15/h3-10,16H,2,11-14H2,1H3,(H2,23,24,27)/t16-/m1/s1. The van der Waals surface area contributed by atoms with E-state index in [4.69, 9.17) is 4.74 Å². The number of nitrogens with zero attached hydrogens (tertiary/aromatic N) is 1. The van der Waals surface area contributed by atoms with Crippen molar-refractivity contribution in [3.8, 4) is 5.75 Å². The Morgan fingerprint density at radius 1 is 1.18 bits per heavy atom. The van der Waals surface area contributed by atoms with Crippen molar-refractivity contribution in [3.63, 3.8) is 0 Å². The van der Waals surface area contributed by atoms with Crippen LogP contribution in [-0.2, 0) is 11.3 Å². The quantitative estimate of drug-likeness (QED) is 0.768. The van der Waals surface area contributed by atoms with Gasteiger partial charge in [-0.2, -0.15) is 0 Å². The van der Waals surface area contributed by atoms with Crippen LogP contribution in [0.25, 0.3) is 0 Å². The Balaban J connectivity index is 1.43. The second-order valence-corrected chi connectivity index (χ2v) is 6.76. The first-order chi connectivity index (χ1) is 13.5. The zero-order valence-electron chi connectivity index (χ0n) is 15.8. The maximum absolute atomic E-state index is 13.0. The normalized spacial score (nSPS) is 16.1. The van der Waals surface area contributed by atoms with E-state index in [0.717, 1.165) is 11.3 Å². The van der Waals surface area contributed by atoms with E-state index in [-0.39, 0.29) is 23.7 Å². The largest absolute Gasteiger partial charge is 0.494 e. The Labute approximate surface area is 163 Å². The summed E-state index contributed by atoms with van der Waals surface area (Å²) in [5, 5.41) is 5.58. The maximum atomic E-state index is 13.0. The zero-order chi connectivity index (χ0) is 19.9. The van der Waals surface area contributed by atoms with E-state index in [1.165, 1.54) is 12.1 Å². The van der Waals surface area contributed by atoms with Crippen LogP contribution >= 0.6 is 0 Å². The first kappa shape index (κ1) is 19.7. The lowest BCUT2D eigenvalue weighted by atomic mass is 10.1. The third-order valence-corrected chi connectivity index (χ3v) is 4.56. The predicted molar refractivity (Wildman–Crippen MR) is 105 cm³/mol. The summed E-state index contributed by atoms with van der Waals surface area (Å²) >= 11 is 0. The molecule has 0 spiro atoms. The topological polar surface area (TPSA) is 70.7 Å². The predicted octanol–water partition coefficient (Wildman–Crippen LogP) is 3.39. The van der Waals surface area contributed by atoms with Gasteiger partial charge in [-0.15, -0.1) is 0 Å². The number of carbonyl (C=O) groups excluding carboxylic acids is 2. The van der Waals surface area contributed by atoms with Gasteiger partial charge in [0.05, 0.1) is 6.61 Å². The van der Waals surface area contributed by atoms with Gasteiger partial charge in [-0.25, -0.2) is 9.18 Å².